The van der Waals surface area contributed by atoms with Crippen LogP contribution < -0.4 is 0 Å². The molecule has 0 radical (unpaired) electrons. The largest absolute Gasteiger partial charge is 0.456 e. The van der Waals surface area contributed by atoms with Crippen LogP contribution in [-0.2, 0) is 0 Å². The fourth-order valence-corrected chi connectivity index (χ4v) is 7.90. The minimum atomic E-state index is 0.917. The summed E-state index contributed by atoms with van der Waals surface area (Å²) >= 11 is 0. The summed E-state index contributed by atoms with van der Waals surface area (Å²) in [5.41, 5.74) is 11.6. The standard InChI is InChI=1S/C48H30O/c1-2-16-36-31(12-1)13-10-22-37(36)34-14-9-15-35(30-34)47-41-19-5-3-17-39(41)46(40-18-4-6-20-42(40)47)33-28-26-32(27-29-33)38-23-11-25-45-48(38)43-21-7-8-24-44(43)49-45/h1-30H. The SMILES string of the molecule is c1cc(-c2cccc3ccccc23)cc(-c2c3ccccc3c(-c3ccc(-c4cccc5oc6ccccc6c45)cc3)c3ccccc23)c1. The Labute approximate surface area is 284 Å². The number of benzene rings is 9. The van der Waals surface area contributed by atoms with E-state index in [1.54, 1.807) is 0 Å². The molecule has 0 fully saturated rings. The zero-order chi connectivity index (χ0) is 32.3. The van der Waals surface area contributed by atoms with Crippen molar-refractivity contribution in [2.45, 2.75) is 0 Å². The summed E-state index contributed by atoms with van der Waals surface area (Å²) in [5.74, 6) is 0. The average molecular weight is 623 g/mol. The first-order valence-corrected chi connectivity index (χ1v) is 16.8. The third-order valence-electron chi connectivity index (χ3n) is 10.1. The summed E-state index contributed by atoms with van der Waals surface area (Å²) in [6.45, 7) is 0. The molecule has 49 heavy (non-hydrogen) atoms. The average Bonchev–Trinajstić information content (AvgIpc) is 3.56. The van der Waals surface area contributed by atoms with Crippen molar-refractivity contribution in [2.75, 3.05) is 0 Å². The molecule has 0 unspecified atom stereocenters. The second-order valence-electron chi connectivity index (χ2n) is 12.8. The Morgan fingerprint density at radius 1 is 0.286 bits per heavy atom. The van der Waals surface area contributed by atoms with E-state index in [-0.39, 0.29) is 0 Å². The minimum absolute atomic E-state index is 0.917. The zero-order valence-electron chi connectivity index (χ0n) is 26.7. The highest BCUT2D eigenvalue weighted by Gasteiger charge is 2.18. The van der Waals surface area contributed by atoms with Gasteiger partial charge in [-0.2, -0.15) is 0 Å². The van der Waals surface area contributed by atoms with Gasteiger partial charge in [0.15, 0.2) is 0 Å². The van der Waals surface area contributed by atoms with Gasteiger partial charge in [0.05, 0.1) is 0 Å². The smallest absolute Gasteiger partial charge is 0.136 e. The van der Waals surface area contributed by atoms with E-state index >= 15 is 0 Å². The fraction of sp³-hybridized carbons (Fsp3) is 0. The Kier molecular flexibility index (Phi) is 6.25. The van der Waals surface area contributed by atoms with Gasteiger partial charge in [0.25, 0.3) is 0 Å². The maximum absolute atomic E-state index is 6.20. The molecule has 0 aliphatic rings. The third kappa shape index (κ3) is 4.40. The number of fused-ring (bicyclic) bond motifs is 6. The van der Waals surface area contributed by atoms with Crippen molar-refractivity contribution in [1.29, 1.82) is 0 Å². The van der Waals surface area contributed by atoms with E-state index < -0.39 is 0 Å². The Morgan fingerprint density at radius 3 is 1.51 bits per heavy atom. The van der Waals surface area contributed by atoms with Crippen molar-refractivity contribution < 1.29 is 4.42 Å². The number of rotatable bonds is 4. The van der Waals surface area contributed by atoms with Crippen LogP contribution in [0, 0.1) is 0 Å². The molecule has 0 bridgehead atoms. The van der Waals surface area contributed by atoms with Gasteiger partial charge in [0.2, 0.25) is 0 Å². The van der Waals surface area contributed by atoms with Crippen molar-refractivity contribution in [2.24, 2.45) is 0 Å². The molecule has 1 nitrogen and oxygen atoms in total. The molecule has 9 aromatic carbocycles. The van der Waals surface area contributed by atoms with Gasteiger partial charge in [-0.3, -0.25) is 0 Å². The molecule has 0 aliphatic carbocycles. The molecular formula is C48H30O. The van der Waals surface area contributed by atoms with Crippen LogP contribution in [0.5, 0.6) is 0 Å². The maximum atomic E-state index is 6.20. The Bertz CT molecular complexity index is 2810. The topological polar surface area (TPSA) is 13.1 Å². The van der Waals surface area contributed by atoms with Crippen LogP contribution in [0.3, 0.4) is 0 Å². The lowest BCUT2D eigenvalue weighted by atomic mass is 9.85. The highest BCUT2D eigenvalue weighted by Crippen LogP contribution is 2.45. The van der Waals surface area contributed by atoms with E-state index in [2.05, 4.69) is 170 Å². The van der Waals surface area contributed by atoms with Crippen LogP contribution in [0.2, 0.25) is 0 Å². The summed E-state index contributed by atoms with van der Waals surface area (Å²) in [6.07, 6.45) is 0. The molecule has 0 atom stereocenters. The molecule has 0 amide bonds. The molecule has 1 heterocycles. The number of para-hydroxylation sites is 1. The number of hydrogen-bond donors (Lipinski definition) is 0. The maximum Gasteiger partial charge on any atom is 0.136 e. The summed E-state index contributed by atoms with van der Waals surface area (Å²) in [7, 11) is 0. The summed E-state index contributed by atoms with van der Waals surface area (Å²) in [6, 6.07) is 65.8. The van der Waals surface area contributed by atoms with E-state index in [4.69, 9.17) is 4.42 Å². The predicted molar refractivity (Wildman–Crippen MR) is 208 cm³/mol. The van der Waals surface area contributed by atoms with Gasteiger partial charge >= 0.3 is 0 Å². The molecule has 1 aromatic heterocycles. The lowest BCUT2D eigenvalue weighted by Crippen LogP contribution is -1.91. The van der Waals surface area contributed by atoms with Crippen molar-refractivity contribution in [3.05, 3.63) is 182 Å². The first-order valence-electron chi connectivity index (χ1n) is 16.8. The summed E-state index contributed by atoms with van der Waals surface area (Å²) in [5, 5.41) is 9.85. The minimum Gasteiger partial charge on any atom is -0.456 e. The quantitative estimate of drug-likeness (QED) is 0.178. The van der Waals surface area contributed by atoms with Crippen LogP contribution in [0.25, 0.3) is 98.8 Å². The molecule has 10 aromatic rings. The van der Waals surface area contributed by atoms with Crippen molar-refractivity contribution in [3.63, 3.8) is 0 Å². The van der Waals surface area contributed by atoms with E-state index in [0.717, 1.165) is 21.9 Å². The molecule has 0 saturated carbocycles. The zero-order valence-corrected chi connectivity index (χ0v) is 26.7. The fourth-order valence-electron chi connectivity index (χ4n) is 7.90. The van der Waals surface area contributed by atoms with E-state index in [1.807, 2.05) is 12.1 Å². The molecular weight excluding hydrogens is 593 g/mol. The van der Waals surface area contributed by atoms with E-state index in [9.17, 15) is 0 Å². The Hall–Kier alpha value is -6.44. The van der Waals surface area contributed by atoms with Gasteiger partial charge in [-0.05, 0) is 95.0 Å². The Morgan fingerprint density at radius 2 is 0.776 bits per heavy atom. The Balaban J connectivity index is 1.16. The molecule has 228 valence electrons. The molecule has 0 aliphatic heterocycles. The summed E-state index contributed by atoms with van der Waals surface area (Å²) in [4.78, 5) is 0. The number of furan rings is 1. The van der Waals surface area contributed by atoms with E-state index in [0.29, 0.717) is 0 Å². The molecule has 0 N–H and O–H groups in total. The first kappa shape index (κ1) is 27.7. The van der Waals surface area contributed by atoms with Crippen LogP contribution in [-0.4, -0.2) is 0 Å². The molecule has 0 spiro atoms. The lowest BCUT2D eigenvalue weighted by molar-refractivity contribution is 0.669. The molecule has 0 saturated heterocycles. The van der Waals surface area contributed by atoms with Crippen LogP contribution >= 0.6 is 0 Å². The normalized spacial score (nSPS) is 11.7. The third-order valence-corrected chi connectivity index (χ3v) is 10.1. The van der Waals surface area contributed by atoms with E-state index in [1.165, 1.54) is 76.8 Å². The lowest BCUT2D eigenvalue weighted by Gasteiger charge is -2.18. The summed E-state index contributed by atoms with van der Waals surface area (Å²) < 4.78 is 6.20. The van der Waals surface area contributed by atoms with Gasteiger partial charge in [0.1, 0.15) is 11.2 Å². The van der Waals surface area contributed by atoms with Crippen molar-refractivity contribution >= 4 is 54.3 Å². The highest BCUT2D eigenvalue weighted by atomic mass is 16.3. The molecule has 1 heteroatoms. The second kappa shape index (κ2) is 11.1. The monoisotopic (exact) mass is 622 g/mol. The van der Waals surface area contributed by atoms with Gasteiger partial charge in [0, 0.05) is 10.8 Å². The highest BCUT2D eigenvalue weighted by molar-refractivity contribution is 6.21. The molecule has 10 rings (SSSR count). The van der Waals surface area contributed by atoms with Gasteiger partial charge in [-0.25, -0.2) is 0 Å². The van der Waals surface area contributed by atoms with Gasteiger partial charge in [-0.15, -0.1) is 0 Å². The van der Waals surface area contributed by atoms with Crippen molar-refractivity contribution in [1.82, 2.24) is 0 Å². The van der Waals surface area contributed by atoms with Crippen LogP contribution in [0.4, 0.5) is 0 Å². The first-order chi connectivity index (χ1) is 24.3. The van der Waals surface area contributed by atoms with Gasteiger partial charge < -0.3 is 4.42 Å². The van der Waals surface area contributed by atoms with Crippen molar-refractivity contribution in [3.8, 4) is 44.5 Å². The van der Waals surface area contributed by atoms with Gasteiger partial charge in [-0.1, -0.05) is 164 Å². The second-order valence-corrected chi connectivity index (χ2v) is 12.8. The van der Waals surface area contributed by atoms with Crippen LogP contribution in [0.15, 0.2) is 186 Å². The predicted octanol–water partition coefficient (Wildman–Crippen LogP) is 13.7. The van der Waals surface area contributed by atoms with Crippen LogP contribution in [0.1, 0.15) is 0 Å². The number of hydrogen-bond acceptors (Lipinski definition) is 1.